The summed E-state index contributed by atoms with van der Waals surface area (Å²) >= 11 is 1.38. The van der Waals surface area contributed by atoms with Gasteiger partial charge in [0, 0.05) is 11.4 Å². The molecular formula is C10H9F2NO3S. The second-order valence-electron chi connectivity index (χ2n) is 3.62. The number of hydrogen-bond acceptors (Lipinski definition) is 3. The summed E-state index contributed by atoms with van der Waals surface area (Å²) < 4.78 is 24.7. The Kier molecular flexibility index (Phi) is 3.10. The zero-order valence-corrected chi connectivity index (χ0v) is 9.42. The van der Waals surface area contributed by atoms with Gasteiger partial charge in [0.25, 0.3) is 5.91 Å². The minimum absolute atomic E-state index is 0.0215. The molecule has 1 aromatic heterocycles. The SMILES string of the molecule is O=C(O)C1c2ccsc2CCN1C(=O)C(F)F. The Morgan fingerprint density at radius 3 is 2.82 bits per heavy atom. The van der Waals surface area contributed by atoms with Gasteiger partial charge in [-0.05, 0) is 23.4 Å². The van der Waals surface area contributed by atoms with Crippen molar-refractivity contribution < 1.29 is 23.5 Å². The van der Waals surface area contributed by atoms with Crippen molar-refractivity contribution in [2.24, 2.45) is 0 Å². The number of hydrogen-bond donors (Lipinski definition) is 1. The third-order valence-corrected chi connectivity index (χ3v) is 3.67. The van der Waals surface area contributed by atoms with E-state index in [1.807, 2.05) is 0 Å². The smallest absolute Gasteiger partial charge is 0.331 e. The van der Waals surface area contributed by atoms with Gasteiger partial charge in [0.1, 0.15) is 0 Å². The van der Waals surface area contributed by atoms with E-state index >= 15 is 0 Å². The van der Waals surface area contributed by atoms with E-state index in [2.05, 4.69) is 0 Å². The molecule has 0 fully saturated rings. The van der Waals surface area contributed by atoms with Crippen LogP contribution in [0, 0.1) is 0 Å². The maximum absolute atomic E-state index is 12.4. The molecule has 0 radical (unpaired) electrons. The van der Waals surface area contributed by atoms with Crippen LogP contribution in [0.5, 0.6) is 0 Å². The number of carbonyl (C=O) groups is 2. The molecule has 0 saturated carbocycles. The lowest BCUT2D eigenvalue weighted by atomic mass is 10.00. The Morgan fingerprint density at radius 1 is 1.53 bits per heavy atom. The van der Waals surface area contributed by atoms with E-state index in [4.69, 9.17) is 5.11 Å². The first kappa shape index (κ1) is 12.0. The third kappa shape index (κ3) is 2.02. The van der Waals surface area contributed by atoms with Gasteiger partial charge < -0.3 is 10.0 Å². The first-order valence-electron chi connectivity index (χ1n) is 4.90. The van der Waals surface area contributed by atoms with E-state index in [0.29, 0.717) is 12.0 Å². The number of aliphatic carboxylic acids is 1. The molecule has 1 unspecified atom stereocenters. The zero-order chi connectivity index (χ0) is 12.6. The number of nitrogens with zero attached hydrogens (tertiary/aromatic N) is 1. The van der Waals surface area contributed by atoms with E-state index in [0.717, 1.165) is 9.78 Å². The number of thiophene rings is 1. The summed E-state index contributed by atoms with van der Waals surface area (Å²) in [7, 11) is 0. The lowest BCUT2D eigenvalue weighted by molar-refractivity contribution is -0.156. The fourth-order valence-corrected chi connectivity index (χ4v) is 2.85. The van der Waals surface area contributed by atoms with Crippen molar-refractivity contribution in [3.63, 3.8) is 0 Å². The number of carboxylic acids is 1. The molecule has 2 heterocycles. The Bertz CT molecular complexity index is 460. The van der Waals surface area contributed by atoms with Gasteiger partial charge in [-0.1, -0.05) is 0 Å². The Labute approximate surface area is 99.5 Å². The van der Waals surface area contributed by atoms with Crippen LogP contribution in [0.15, 0.2) is 11.4 Å². The highest BCUT2D eigenvalue weighted by Gasteiger charge is 2.39. The lowest BCUT2D eigenvalue weighted by Crippen LogP contribution is -2.45. The lowest BCUT2D eigenvalue weighted by Gasteiger charge is -2.32. The molecule has 0 aromatic carbocycles. The minimum Gasteiger partial charge on any atom is -0.479 e. The fraction of sp³-hybridized carbons (Fsp3) is 0.400. The van der Waals surface area contributed by atoms with Crippen LogP contribution in [-0.4, -0.2) is 34.9 Å². The number of halogens is 2. The van der Waals surface area contributed by atoms with Crippen LogP contribution in [-0.2, 0) is 16.0 Å². The standard InChI is InChI=1S/C10H9F2NO3S/c11-8(12)9(14)13-3-1-6-5(2-4-17-6)7(13)10(15)16/h2,4,7-8H,1,3H2,(H,15,16). The highest BCUT2D eigenvalue weighted by atomic mass is 32.1. The Hall–Kier alpha value is -1.50. The van der Waals surface area contributed by atoms with Crippen LogP contribution < -0.4 is 0 Å². The summed E-state index contributed by atoms with van der Waals surface area (Å²) in [5.41, 5.74) is 0.447. The average Bonchev–Trinajstić information content (AvgIpc) is 2.73. The number of rotatable bonds is 2. The molecule has 1 atom stereocenters. The van der Waals surface area contributed by atoms with Crippen molar-refractivity contribution in [2.75, 3.05) is 6.54 Å². The predicted molar refractivity (Wildman–Crippen MR) is 56.1 cm³/mol. The second-order valence-corrected chi connectivity index (χ2v) is 4.62. The fourth-order valence-electron chi connectivity index (χ4n) is 1.95. The van der Waals surface area contributed by atoms with Crippen LogP contribution in [0.4, 0.5) is 8.78 Å². The van der Waals surface area contributed by atoms with Crippen molar-refractivity contribution in [3.8, 4) is 0 Å². The zero-order valence-electron chi connectivity index (χ0n) is 8.60. The van der Waals surface area contributed by atoms with Gasteiger partial charge in [-0.15, -0.1) is 11.3 Å². The van der Waals surface area contributed by atoms with E-state index < -0.39 is 24.3 Å². The largest absolute Gasteiger partial charge is 0.479 e. The molecule has 1 amide bonds. The average molecular weight is 261 g/mol. The van der Waals surface area contributed by atoms with Crippen molar-refractivity contribution in [1.29, 1.82) is 0 Å². The molecule has 0 spiro atoms. The molecule has 92 valence electrons. The van der Waals surface area contributed by atoms with E-state index in [-0.39, 0.29) is 6.54 Å². The number of alkyl halides is 2. The molecule has 4 nitrogen and oxygen atoms in total. The van der Waals surface area contributed by atoms with Crippen LogP contribution in [0.25, 0.3) is 0 Å². The number of carbonyl (C=O) groups excluding carboxylic acids is 1. The van der Waals surface area contributed by atoms with E-state index in [1.165, 1.54) is 11.3 Å². The molecule has 2 rings (SSSR count). The second kappa shape index (κ2) is 4.40. The third-order valence-electron chi connectivity index (χ3n) is 2.67. The van der Waals surface area contributed by atoms with Gasteiger partial charge in [-0.3, -0.25) is 4.79 Å². The summed E-state index contributed by atoms with van der Waals surface area (Å²) in [4.78, 5) is 24.0. The summed E-state index contributed by atoms with van der Waals surface area (Å²) in [5, 5.41) is 10.8. The monoisotopic (exact) mass is 261 g/mol. The Morgan fingerprint density at radius 2 is 2.24 bits per heavy atom. The maximum Gasteiger partial charge on any atom is 0.331 e. The quantitative estimate of drug-likeness (QED) is 0.878. The minimum atomic E-state index is -3.17. The molecule has 7 heteroatoms. The van der Waals surface area contributed by atoms with Gasteiger partial charge >= 0.3 is 12.4 Å². The molecule has 1 aliphatic heterocycles. The van der Waals surface area contributed by atoms with Crippen LogP contribution in [0.2, 0.25) is 0 Å². The molecule has 0 saturated heterocycles. The molecule has 1 aromatic rings. The highest BCUT2D eigenvalue weighted by Crippen LogP contribution is 2.34. The molecule has 1 N–H and O–H groups in total. The first-order chi connectivity index (χ1) is 8.02. The van der Waals surface area contributed by atoms with E-state index in [9.17, 15) is 18.4 Å². The van der Waals surface area contributed by atoms with Gasteiger partial charge in [0.2, 0.25) is 0 Å². The van der Waals surface area contributed by atoms with Gasteiger partial charge in [0.15, 0.2) is 6.04 Å². The summed E-state index contributed by atoms with van der Waals surface area (Å²) in [5.74, 6) is -2.70. The van der Waals surface area contributed by atoms with Crippen molar-refractivity contribution >= 4 is 23.2 Å². The molecule has 0 bridgehead atoms. The summed E-state index contributed by atoms with van der Waals surface area (Å²) in [6.45, 7) is 0.0215. The molecule has 1 aliphatic rings. The molecular weight excluding hydrogens is 252 g/mol. The van der Waals surface area contributed by atoms with Crippen molar-refractivity contribution in [2.45, 2.75) is 18.9 Å². The number of fused-ring (bicyclic) bond motifs is 1. The van der Waals surface area contributed by atoms with Crippen LogP contribution >= 0.6 is 11.3 Å². The predicted octanol–water partition coefficient (Wildman–Crippen LogP) is 1.52. The van der Waals surface area contributed by atoms with Crippen LogP contribution in [0.3, 0.4) is 0 Å². The molecule has 0 aliphatic carbocycles. The van der Waals surface area contributed by atoms with Crippen LogP contribution in [0.1, 0.15) is 16.5 Å². The van der Waals surface area contributed by atoms with Gasteiger partial charge in [0.05, 0.1) is 0 Å². The maximum atomic E-state index is 12.4. The summed E-state index contributed by atoms with van der Waals surface area (Å²) in [6, 6.07) is 0.287. The van der Waals surface area contributed by atoms with Crippen molar-refractivity contribution in [1.82, 2.24) is 4.90 Å². The normalized spacial score (nSPS) is 19.2. The summed E-state index contributed by atoms with van der Waals surface area (Å²) in [6.07, 6.45) is -2.74. The first-order valence-corrected chi connectivity index (χ1v) is 5.78. The Balaban J connectivity index is 2.37. The number of amides is 1. The van der Waals surface area contributed by atoms with E-state index in [1.54, 1.807) is 11.4 Å². The number of carboxylic acid groups (broad SMARTS) is 1. The van der Waals surface area contributed by atoms with Gasteiger partial charge in [-0.2, -0.15) is 8.78 Å². The van der Waals surface area contributed by atoms with Crippen molar-refractivity contribution in [3.05, 3.63) is 21.9 Å². The topological polar surface area (TPSA) is 57.6 Å². The highest BCUT2D eigenvalue weighted by molar-refractivity contribution is 7.10. The molecule has 17 heavy (non-hydrogen) atoms. The van der Waals surface area contributed by atoms with Gasteiger partial charge in [-0.25, -0.2) is 4.79 Å².